The monoisotopic (exact) mass is 256 g/mol. The van der Waals surface area contributed by atoms with Crippen LogP contribution in [0.3, 0.4) is 0 Å². The van der Waals surface area contributed by atoms with Gasteiger partial charge >= 0.3 is 6.03 Å². The number of benzene rings is 1. The SMILES string of the molecule is NC(=O)NCCNC(=O)c1cccc(Cl)c1N. The molecule has 0 radical (unpaired) electrons. The number of rotatable bonds is 4. The van der Waals surface area contributed by atoms with Crippen LogP contribution >= 0.6 is 11.6 Å². The van der Waals surface area contributed by atoms with Crippen LogP contribution in [0.4, 0.5) is 10.5 Å². The van der Waals surface area contributed by atoms with E-state index in [1.54, 1.807) is 18.2 Å². The molecule has 6 nitrogen and oxygen atoms in total. The highest BCUT2D eigenvalue weighted by molar-refractivity contribution is 6.33. The highest BCUT2D eigenvalue weighted by Crippen LogP contribution is 2.21. The van der Waals surface area contributed by atoms with Crippen LogP contribution in [-0.2, 0) is 0 Å². The summed E-state index contributed by atoms with van der Waals surface area (Å²) in [6, 6.07) is 4.16. The van der Waals surface area contributed by atoms with Crippen molar-refractivity contribution >= 4 is 29.2 Å². The molecule has 92 valence electrons. The van der Waals surface area contributed by atoms with Gasteiger partial charge in [0.25, 0.3) is 5.91 Å². The van der Waals surface area contributed by atoms with Crippen LogP contribution in [0.15, 0.2) is 18.2 Å². The second kappa shape index (κ2) is 5.95. The summed E-state index contributed by atoms with van der Waals surface area (Å²) in [5.74, 6) is -0.351. The van der Waals surface area contributed by atoms with E-state index in [9.17, 15) is 9.59 Å². The minimum atomic E-state index is -0.637. The van der Waals surface area contributed by atoms with Gasteiger partial charge in [0.2, 0.25) is 0 Å². The molecular formula is C10H13ClN4O2. The first-order valence-electron chi connectivity index (χ1n) is 4.88. The van der Waals surface area contributed by atoms with Crippen LogP contribution < -0.4 is 22.1 Å². The number of carbonyl (C=O) groups excluding carboxylic acids is 2. The lowest BCUT2D eigenvalue weighted by atomic mass is 10.1. The van der Waals surface area contributed by atoms with Crippen molar-refractivity contribution in [1.82, 2.24) is 10.6 Å². The van der Waals surface area contributed by atoms with E-state index in [2.05, 4.69) is 10.6 Å². The van der Waals surface area contributed by atoms with Crippen LogP contribution in [0.5, 0.6) is 0 Å². The van der Waals surface area contributed by atoms with Crippen molar-refractivity contribution in [3.63, 3.8) is 0 Å². The molecule has 0 unspecified atom stereocenters. The first kappa shape index (κ1) is 13.1. The van der Waals surface area contributed by atoms with Gasteiger partial charge in [-0.15, -0.1) is 0 Å². The molecule has 17 heavy (non-hydrogen) atoms. The number of amides is 3. The Morgan fingerprint density at radius 2 is 1.88 bits per heavy atom. The zero-order valence-corrected chi connectivity index (χ0v) is 9.75. The van der Waals surface area contributed by atoms with Crippen molar-refractivity contribution in [3.05, 3.63) is 28.8 Å². The largest absolute Gasteiger partial charge is 0.397 e. The van der Waals surface area contributed by atoms with Gasteiger partial charge in [0.15, 0.2) is 0 Å². The van der Waals surface area contributed by atoms with Crippen molar-refractivity contribution in [2.24, 2.45) is 5.73 Å². The lowest BCUT2D eigenvalue weighted by Gasteiger charge is -2.08. The van der Waals surface area contributed by atoms with Crippen LogP contribution in [0.2, 0.25) is 5.02 Å². The molecule has 0 heterocycles. The summed E-state index contributed by atoms with van der Waals surface area (Å²) in [5, 5.41) is 5.25. The Kier molecular flexibility index (Phi) is 4.59. The molecule has 1 rings (SSSR count). The molecular weight excluding hydrogens is 244 g/mol. The molecule has 0 bridgehead atoms. The normalized spacial score (nSPS) is 9.71. The number of nitrogen functional groups attached to an aromatic ring is 1. The number of hydrogen-bond donors (Lipinski definition) is 4. The highest BCUT2D eigenvalue weighted by atomic mass is 35.5. The number of para-hydroxylation sites is 1. The van der Waals surface area contributed by atoms with Crippen molar-refractivity contribution in [3.8, 4) is 0 Å². The Morgan fingerprint density at radius 3 is 2.53 bits per heavy atom. The second-order valence-corrected chi connectivity index (χ2v) is 3.66. The van der Waals surface area contributed by atoms with E-state index in [0.717, 1.165) is 0 Å². The maximum atomic E-state index is 11.7. The van der Waals surface area contributed by atoms with Gasteiger partial charge < -0.3 is 22.1 Å². The molecule has 6 N–H and O–H groups in total. The minimum Gasteiger partial charge on any atom is -0.397 e. The van der Waals surface area contributed by atoms with E-state index >= 15 is 0 Å². The van der Waals surface area contributed by atoms with Crippen molar-refractivity contribution in [2.75, 3.05) is 18.8 Å². The zero-order valence-electron chi connectivity index (χ0n) is 9.00. The summed E-state index contributed by atoms with van der Waals surface area (Å²) in [6.07, 6.45) is 0. The Hall–Kier alpha value is -1.95. The number of nitrogens with two attached hydrogens (primary N) is 2. The number of urea groups is 1. The van der Waals surface area contributed by atoms with Gasteiger partial charge in [-0.2, -0.15) is 0 Å². The summed E-state index contributed by atoms with van der Waals surface area (Å²) in [6.45, 7) is 0.509. The number of anilines is 1. The smallest absolute Gasteiger partial charge is 0.312 e. The number of hydrogen-bond acceptors (Lipinski definition) is 3. The molecule has 1 aromatic rings. The molecule has 0 atom stereocenters. The second-order valence-electron chi connectivity index (χ2n) is 3.25. The molecule has 0 aliphatic heterocycles. The van der Waals surface area contributed by atoms with Crippen molar-refractivity contribution < 1.29 is 9.59 Å². The number of halogens is 1. The van der Waals surface area contributed by atoms with Gasteiger partial charge in [0.05, 0.1) is 16.3 Å². The van der Waals surface area contributed by atoms with Crippen molar-refractivity contribution in [2.45, 2.75) is 0 Å². The number of nitrogens with one attached hydrogen (secondary N) is 2. The van der Waals surface area contributed by atoms with Crippen LogP contribution in [0.1, 0.15) is 10.4 Å². The Morgan fingerprint density at radius 1 is 1.24 bits per heavy atom. The Labute approximate surface area is 103 Å². The fraction of sp³-hybridized carbons (Fsp3) is 0.200. The molecule has 0 spiro atoms. The maximum Gasteiger partial charge on any atom is 0.312 e. The highest BCUT2D eigenvalue weighted by Gasteiger charge is 2.10. The molecule has 3 amide bonds. The number of primary amides is 1. The summed E-state index contributed by atoms with van der Waals surface area (Å²) in [5.41, 5.74) is 11.1. The zero-order chi connectivity index (χ0) is 12.8. The molecule has 0 aromatic heterocycles. The van der Waals surface area contributed by atoms with Gasteiger partial charge in [-0.3, -0.25) is 4.79 Å². The molecule has 0 saturated carbocycles. The third-order valence-electron chi connectivity index (χ3n) is 2.01. The van der Waals surface area contributed by atoms with Gasteiger partial charge in [-0.05, 0) is 12.1 Å². The average Bonchev–Trinajstić information content (AvgIpc) is 2.27. The quantitative estimate of drug-likeness (QED) is 0.460. The topological polar surface area (TPSA) is 110 Å². The van der Waals surface area contributed by atoms with Gasteiger partial charge in [-0.25, -0.2) is 4.79 Å². The first-order valence-corrected chi connectivity index (χ1v) is 5.25. The fourth-order valence-corrected chi connectivity index (χ4v) is 1.37. The summed E-state index contributed by atoms with van der Waals surface area (Å²) in [4.78, 5) is 22.0. The fourth-order valence-electron chi connectivity index (χ4n) is 1.19. The summed E-state index contributed by atoms with van der Waals surface area (Å²) >= 11 is 5.78. The standard InChI is InChI=1S/C10H13ClN4O2/c11-7-3-1-2-6(8(7)12)9(16)14-4-5-15-10(13)17/h1-3H,4-5,12H2,(H,14,16)(H3,13,15,17). The lowest BCUT2D eigenvalue weighted by molar-refractivity contribution is 0.0955. The third kappa shape index (κ3) is 3.84. The summed E-state index contributed by atoms with van der Waals surface area (Å²) in [7, 11) is 0. The lowest BCUT2D eigenvalue weighted by Crippen LogP contribution is -2.37. The maximum absolute atomic E-state index is 11.7. The van der Waals surface area contributed by atoms with Gasteiger partial charge in [-0.1, -0.05) is 17.7 Å². The van der Waals surface area contributed by atoms with Crippen LogP contribution in [0, 0.1) is 0 Å². The molecule has 0 fully saturated rings. The molecule has 0 aliphatic rings. The van der Waals surface area contributed by atoms with Gasteiger partial charge in [0, 0.05) is 13.1 Å². The van der Waals surface area contributed by atoms with E-state index in [1.165, 1.54) is 0 Å². The van der Waals surface area contributed by atoms with Gasteiger partial charge in [0.1, 0.15) is 0 Å². The summed E-state index contributed by atoms with van der Waals surface area (Å²) < 4.78 is 0. The third-order valence-corrected chi connectivity index (χ3v) is 2.34. The van der Waals surface area contributed by atoms with E-state index in [1.807, 2.05) is 0 Å². The molecule has 0 aliphatic carbocycles. The predicted molar refractivity (Wildman–Crippen MR) is 65.8 cm³/mol. The van der Waals surface area contributed by atoms with Crippen LogP contribution in [-0.4, -0.2) is 25.0 Å². The average molecular weight is 257 g/mol. The Balaban J connectivity index is 2.53. The van der Waals surface area contributed by atoms with E-state index in [-0.39, 0.29) is 24.7 Å². The molecule has 1 aromatic carbocycles. The van der Waals surface area contributed by atoms with Crippen molar-refractivity contribution in [1.29, 1.82) is 0 Å². The number of carbonyl (C=O) groups is 2. The van der Waals surface area contributed by atoms with E-state index in [4.69, 9.17) is 23.1 Å². The molecule has 7 heteroatoms. The van der Waals surface area contributed by atoms with E-state index < -0.39 is 6.03 Å². The van der Waals surface area contributed by atoms with E-state index in [0.29, 0.717) is 10.6 Å². The first-order chi connectivity index (χ1) is 8.02. The predicted octanol–water partition coefficient (Wildman–Crippen LogP) is 0.320. The molecule has 0 saturated heterocycles. The Bertz CT molecular complexity index is 436. The minimum absolute atomic E-state index is 0.231. The van der Waals surface area contributed by atoms with Crippen LogP contribution in [0.25, 0.3) is 0 Å².